The molecule has 11 nitrogen and oxygen atoms in total. The lowest BCUT2D eigenvalue weighted by molar-refractivity contribution is -0.159. The van der Waals surface area contributed by atoms with Gasteiger partial charge in [0.1, 0.15) is 5.82 Å². The number of hydrogen-bond acceptors (Lipinski definition) is 7. The average Bonchev–Trinajstić information content (AvgIpc) is 3.48. The summed E-state index contributed by atoms with van der Waals surface area (Å²) >= 11 is 0. The number of carboxylic acids is 2. The highest BCUT2D eigenvalue weighted by Gasteiger charge is 2.25. The molecule has 1 aliphatic rings. The lowest BCUT2D eigenvalue weighted by Gasteiger charge is -2.33. The summed E-state index contributed by atoms with van der Waals surface area (Å²) < 4.78 is 11.1. The molecular formula is C24H24N4O7. The fourth-order valence-corrected chi connectivity index (χ4v) is 3.86. The van der Waals surface area contributed by atoms with Crippen LogP contribution >= 0.6 is 0 Å². The van der Waals surface area contributed by atoms with Crippen LogP contribution in [0.3, 0.4) is 0 Å². The summed E-state index contributed by atoms with van der Waals surface area (Å²) in [5.74, 6) is -1.78. The molecule has 0 unspecified atom stereocenters. The first-order valence-corrected chi connectivity index (χ1v) is 10.8. The second-order valence-electron chi connectivity index (χ2n) is 7.87. The molecule has 0 radical (unpaired) electrons. The Morgan fingerprint density at radius 3 is 2.40 bits per heavy atom. The van der Waals surface area contributed by atoms with Crippen molar-refractivity contribution < 1.29 is 33.8 Å². The number of carbonyl (C=O) groups is 3. The lowest BCUT2D eigenvalue weighted by Crippen LogP contribution is -2.48. The quantitative estimate of drug-likeness (QED) is 0.374. The first-order valence-electron chi connectivity index (χ1n) is 10.8. The number of aliphatic carboxylic acids is 2. The van der Waals surface area contributed by atoms with Gasteiger partial charge in [-0.15, -0.1) is 0 Å². The Hall–Kier alpha value is -4.38. The van der Waals surface area contributed by atoms with Crippen LogP contribution in [0.4, 0.5) is 0 Å². The predicted molar refractivity (Wildman–Crippen MR) is 125 cm³/mol. The van der Waals surface area contributed by atoms with Gasteiger partial charge in [-0.05, 0) is 24.3 Å². The van der Waals surface area contributed by atoms with Crippen molar-refractivity contribution in [3.8, 4) is 5.75 Å². The Balaban J connectivity index is 0.000000431. The molecule has 1 saturated heterocycles. The molecule has 5 rings (SSSR count). The van der Waals surface area contributed by atoms with E-state index in [0.29, 0.717) is 30.2 Å². The monoisotopic (exact) mass is 480 g/mol. The molecule has 11 heteroatoms. The Morgan fingerprint density at radius 2 is 1.74 bits per heavy atom. The van der Waals surface area contributed by atoms with Gasteiger partial charge in [-0.3, -0.25) is 9.69 Å². The van der Waals surface area contributed by atoms with Crippen LogP contribution in [0.5, 0.6) is 5.75 Å². The molecule has 0 aliphatic carbocycles. The molecule has 1 amide bonds. The van der Waals surface area contributed by atoms with E-state index in [0.717, 1.165) is 41.9 Å². The van der Waals surface area contributed by atoms with Crippen molar-refractivity contribution in [2.45, 2.75) is 6.54 Å². The van der Waals surface area contributed by atoms with Crippen LogP contribution in [-0.4, -0.2) is 81.1 Å². The van der Waals surface area contributed by atoms with Gasteiger partial charge in [-0.2, -0.15) is 0 Å². The summed E-state index contributed by atoms with van der Waals surface area (Å²) in [6.07, 6.45) is 0. The number of aromatic amines is 1. The SMILES string of the molecule is COc1cccc2cc(C(=O)N3CCN(Cc4nc5ccccc5[nH]4)CC3)oc12.O=C(O)C(=O)O. The van der Waals surface area contributed by atoms with Crippen LogP contribution in [-0.2, 0) is 16.1 Å². The van der Waals surface area contributed by atoms with Crippen molar-refractivity contribution in [2.75, 3.05) is 33.3 Å². The number of H-pyrrole nitrogens is 1. The second kappa shape index (κ2) is 10.3. The fraction of sp³-hybridized carbons (Fsp3) is 0.250. The number of carbonyl (C=O) groups excluding carboxylic acids is 1. The molecular weight excluding hydrogens is 456 g/mol. The smallest absolute Gasteiger partial charge is 0.414 e. The van der Waals surface area contributed by atoms with Gasteiger partial charge in [-0.25, -0.2) is 14.6 Å². The Labute approximate surface area is 199 Å². The number of benzene rings is 2. The average molecular weight is 480 g/mol. The summed E-state index contributed by atoms with van der Waals surface area (Å²) in [7, 11) is 1.60. The van der Waals surface area contributed by atoms with E-state index in [4.69, 9.17) is 29.0 Å². The van der Waals surface area contributed by atoms with Crippen LogP contribution in [0, 0.1) is 0 Å². The molecule has 0 saturated carbocycles. The molecule has 2 aromatic heterocycles. The van der Waals surface area contributed by atoms with Gasteiger partial charge in [0.15, 0.2) is 17.1 Å². The van der Waals surface area contributed by atoms with Gasteiger partial charge in [-0.1, -0.05) is 24.3 Å². The molecule has 1 fully saturated rings. The highest BCUT2D eigenvalue weighted by molar-refractivity contribution is 6.27. The number of amides is 1. The van der Waals surface area contributed by atoms with Crippen LogP contribution in [0.2, 0.25) is 0 Å². The number of ether oxygens (including phenoxy) is 1. The van der Waals surface area contributed by atoms with Gasteiger partial charge >= 0.3 is 11.9 Å². The standard InChI is InChI=1S/C22H22N4O3.C2H2O4/c1-28-18-8-4-5-15-13-19(29-21(15)18)22(27)26-11-9-25(10-12-26)14-20-23-16-6-2-3-7-17(16)24-20;3-1(4)2(5)6/h2-8,13H,9-12,14H2,1H3,(H,23,24);(H,3,4)(H,5,6). The number of imidazole rings is 1. The number of methoxy groups -OCH3 is 1. The number of para-hydroxylation sites is 3. The third-order valence-electron chi connectivity index (χ3n) is 5.59. The maximum Gasteiger partial charge on any atom is 0.414 e. The van der Waals surface area contributed by atoms with E-state index in [1.807, 2.05) is 47.4 Å². The normalized spacial score (nSPS) is 13.9. The molecule has 0 bridgehead atoms. The third-order valence-corrected chi connectivity index (χ3v) is 5.59. The highest BCUT2D eigenvalue weighted by Crippen LogP contribution is 2.29. The summed E-state index contributed by atoms with van der Waals surface area (Å²) in [6, 6.07) is 15.5. The molecule has 3 N–H and O–H groups in total. The molecule has 182 valence electrons. The highest BCUT2D eigenvalue weighted by atomic mass is 16.5. The maximum atomic E-state index is 12.9. The minimum Gasteiger partial charge on any atom is -0.493 e. The van der Waals surface area contributed by atoms with Gasteiger partial charge in [0.05, 0.1) is 24.7 Å². The van der Waals surface area contributed by atoms with Crippen LogP contribution in [0.1, 0.15) is 16.4 Å². The van der Waals surface area contributed by atoms with E-state index in [9.17, 15) is 4.79 Å². The molecule has 0 spiro atoms. The zero-order valence-electron chi connectivity index (χ0n) is 18.9. The molecule has 3 heterocycles. The van der Waals surface area contributed by atoms with Gasteiger partial charge < -0.3 is 29.3 Å². The molecule has 4 aromatic rings. The summed E-state index contributed by atoms with van der Waals surface area (Å²) in [4.78, 5) is 43.3. The lowest BCUT2D eigenvalue weighted by atomic mass is 10.2. The van der Waals surface area contributed by atoms with Crippen molar-refractivity contribution in [2.24, 2.45) is 0 Å². The number of piperazine rings is 1. The minimum atomic E-state index is -1.82. The van der Waals surface area contributed by atoms with E-state index in [1.165, 1.54) is 0 Å². The largest absolute Gasteiger partial charge is 0.493 e. The van der Waals surface area contributed by atoms with Crippen molar-refractivity contribution in [1.82, 2.24) is 19.8 Å². The topological polar surface area (TPSA) is 149 Å². The first kappa shape index (κ1) is 23.8. The van der Waals surface area contributed by atoms with Crippen molar-refractivity contribution in [3.63, 3.8) is 0 Å². The van der Waals surface area contributed by atoms with E-state index in [1.54, 1.807) is 13.2 Å². The number of hydrogen-bond donors (Lipinski definition) is 3. The summed E-state index contributed by atoms with van der Waals surface area (Å²) in [6.45, 7) is 3.66. The third kappa shape index (κ3) is 5.41. The summed E-state index contributed by atoms with van der Waals surface area (Å²) in [5.41, 5.74) is 2.65. The van der Waals surface area contributed by atoms with E-state index >= 15 is 0 Å². The molecule has 0 atom stereocenters. The van der Waals surface area contributed by atoms with Gasteiger partial charge in [0.25, 0.3) is 5.91 Å². The maximum absolute atomic E-state index is 12.9. The van der Waals surface area contributed by atoms with Crippen LogP contribution < -0.4 is 4.74 Å². The van der Waals surface area contributed by atoms with Gasteiger partial charge in [0, 0.05) is 31.6 Å². The zero-order valence-corrected chi connectivity index (χ0v) is 18.9. The zero-order chi connectivity index (χ0) is 24.9. The first-order chi connectivity index (χ1) is 16.9. The molecule has 35 heavy (non-hydrogen) atoms. The van der Waals surface area contributed by atoms with Crippen molar-refractivity contribution >= 4 is 39.8 Å². The van der Waals surface area contributed by atoms with Crippen molar-refractivity contribution in [3.05, 3.63) is 60.1 Å². The van der Waals surface area contributed by atoms with E-state index in [-0.39, 0.29) is 5.91 Å². The molecule has 2 aromatic carbocycles. The van der Waals surface area contributed by atoms with E-state index in [2.05, 4.69) is 14.9 Å². The van der Waals surface area contributed by atoms with E-state index < -0.39 is 11.9 Å². The number of fused-ring (bicyclic) bond motifs is 2. The number of furan rings is 1. The number of carboxylic acid groups (broad SMARTS) is 2. The van der Waals surface area contributed by atoms with Crippen LogP contribution in [0.15, 0.2) is 52.9 Å². The predicted octanol–water partition coefficient (Wildman–Crippen LogP) is 2.43. The van der Waals surface area contributed by atoms with Gasteiger partial charge in [0.2, 0.25) is 0 Å². The van der Waals surface area contributed by atoms with Crippen LogP contribution in [0.25, 0.3) is 22.0 Å². The fourth-order valence-electron chi connectivity index (χ4n) is 3.86. The Bertz CT molecular complexity index is 1320. The molecule has 1 aliphatic heterocycles. The number of nitrogens with zero attached hydrogens (tertiary/aromatic N) is 3. The number of aromatic nitrogens is 2. The number of rotatable bonds is 4. The second-order valence-corrected chi connectivity index (χ2v) is 7.87. The Morgan fingerprint density at radius 1 is 1.03 bits per heavy atom. The van der Waals surface area contributed by atoms with Crippen molar-refractivity contribution in [1.29, 1.82) is 0 Å². The summed E-state index contributed by atoms with van der Waals surface area (Å²) in [5, 5.41) is 15.7. The Kier molecular flexibility index (Phi) is 6.97. The minimum absolute atomic E-state index is 0.0772. The number of nitrogens with one attached hydrogen (secondary N) is 1.